The van der Waals surface area contributed by atoms with E-state index in [1.165, 1.54) is 38.5 Å². The van der Waals surface area contributed by atoms with Crippen molar-refractivity contribution < 1.29 is 28.9 Å². The monoisotopic (exact) mass is 419 g/mol. The van der Waals surface area contributed by atoms with Gasteiger partial charge in [-0.25, -0.2) is 4.79 Å². The van der Waals surface area contributed by atoms with Crippen molar-refractivity contribution in [2.75, 3.05) is 19.5 Å². The van der Waals surface area contributed by atoms with E-state index in [1.807, 2.05) is 0 Å². The zero-order valence-electron chi connectivity index (χ0n) is 15.8. The van der Waals surface area contributed by atoms with E-state index in [0.29, 0.717) is 28.1 Å². The molecule has 0 atom stereocenters. The Morgan fingerprint density at radius 1 is 1.17 bits per heavy atom. The van der Waals surface area contributed by atoms with Crippen molar-refractivity contribution in [3.63, 3.8) is 0 Å². The maximum atomic E-state index is 12.6. The molecule has 0 aliphatic rings. The van der Waals surface area contributed by atoms with Gasteiger partial charge in [-0.1, -0.05) is 11.6 Å². The summed E-state index contributed by atoms with van der Waals surface area (Å²) in [4.78, 5) is 24.9. The van der Waals surface area contributed by atoms with Gasteiger partial charge in [0.1, 0.15) is 11.5 Å². The van der Waals surface area contributed by atoms with Crippen LogP contribution in [-0.2, 0) is 11.2 Å². The number of methoxy groups -OCH3 is 2. The Morgan fingerprint density at radius 2 is 1.86 bits per heavy atom. The molecule has 0 bridgehead atoms. The number of aromatic hydroxyl groups is 2. The summed E-state index contributed by atoms with van der Waals surface area (Å²) in [6, 6.07) is 5.78. The SMILES string of the molecule is COc1cc(OC)c(NC(=O)Cc2c(C)c3ccc(O)c(O)c3oc2=O)cc1Cl. The minimum Gasteiger partial charge on any atom is -0.504 e. The third kappa shape index (κ3) is 3.79. The molecule has 9 heteroatoms. The van der Waals surface area contributed by atoms with Gasteiger partial charge in [0.15, 0.2) is 11.3 Å². The van der Waals surface area contributed by atoms with E-state index in [9.17, 15) is 19.8 Å². The number of aryl methyl sites for hydroxylation is 1. The third-order valence-electron chi connectivity index (χ3n) is 4.49. The summed E-state index contributed by atoms with van der Waals surface area (Å²) < 4.78 is 15.5. The molecule has 3 aromatic rings. The lowest BCUT2D eigenvalue weighted by molar-refractivity contribution is -0.115. The smallest absolute Gasteiger partial charge is 0.340 e. The molecule has 1 amide bonds. The first-order valence-corrected chi connectivity index (χ1v) is 8.83. The van der Waals surface area contributed by atoms with Crippen molar-refractivity contribution >= 4 is 34.2 Å². The number of phenolic OH excluding ortho intramolecular Hbond substituents is 2. The number of carbonyl (C=O) groups is 1. The molecule has 3 rings (SSSR count). The summed E-state index contributed by atoms with van der Waals surface area (Å²) in [6.07, 6.45) is -0.279. The number of hydrogen-bond acceptors (Lipinski definition) is 7. The standard InChI is InChI=1S/C20H18ClNO7/c1-9-10-4-5-14(23)18(25)19(10)29-20(26)11(9)6-17(24)22-13-7-12(21)15(27-2)8-16(13)28-3/h4-5,7-8,23,25H,6H2,1-3H3,(H,22,24). The number of fused-ring (bicyclic) bond motifs is 1. The van der Waals surface area contributed by atoms with Crippen molar-refractivity contribution in [3.05, 3.63) is 50.8 Å². The maximum absolute atomic E-state index is 12.6. The number of anilines is 1. The maximum Gasteiger partial charge on any atom is 0.340 e. The van der Waals surface area contributed by atoms with Gasteiger partial charge in [-0.2, -0.15) is 0 Å². The molecular formula is C20H18ClNO7. The predicted octanol–water partition coefficient (Wildman–Crippen LogP) is 3.36. The second-order valence-electron chi connectivity index (χ2n) is 6.22. The highest BCUT2D eigenvalue weighted by Crippen LogP contribution is 2.36. The molecule has 8 nitrogen and oxygen atoms in total. The van der Waals surface area contributed by atoms with Crippen LogP contribution in [0.5, 0.6) is 23.0 Å². The number of phenols is 2. The molecule has 152 valence electrons. The second kappa shape index (κ2) is 7.92. The molecule has 0 aliphatic carbocycles. The van der Waals surface area contributed by atoms with Crippen LogP contribution in [0.4, 0.5) is 5.69 Å². The number of nitrogens with one attached hydrogen (secondary N) is 1. The summed E-state index contributed by atoms with van der Waals surface area (Å²) >= 11 is 6.10. The highest BCUT2D eigenvalue weighted by atomic mass is 35.5. The van der Waals surface area contributed by atoms with Crippen LogP contribution in [0, 0.1) is 6.92 Å². The van der Waals surface area contributed by atoms with E-state index in [1.54, 1.807) is 6.92 Å². The van der Waals surface area contributed by atoms with Gasteiger partial charge in [0.05, 0.1) is 36.9 Å². The van der Waals surface area contributed by atoms with Gasteiger partial charge in [-0.15, -0.1) is 0 Å². The fourth-order valence-corrected chi connectivity index (χ4v) is 3.19. The predicted molar refractivity (Wildman–Crippen MR) is 107 cm³/mol. The molecule has 29 heavy (non-hydrogen) atoms. The van der Waals surface area contributed by atoms with Gasteiger partial charge in [0.25, 0.3) is 0 Å². The van der Waals surface area contributed by atoms with E-state index in [-0.39, 0.29) is 22.6 Å². The molecule has 2 aromatic carbocycles. The van der Waals surface area contributed by atoms with E-state index in [4.69, 9.17) is 25.5 Å². The van der Waals surface area contributed by atoms with E-state index < -0.39 is 23.0 Å². The molecule has 1 heterocycles. The summed E-state index contributed by atoms with van der Waals surface area (Å²) in [6.45, 7) is 1.63. The molecule has 0 saturated heterocycles. The number of amides is 1. The summed E-state index contributed by atoms with van der Waals surface area (Å²) in [5.74, 6) is -0.717. The zero-order valence-corrected chi connectivity index (χ0v) is 16.6. The fraction of sp³-hybridized carbons (Fsp3) is 0.200. The van der Waals surface area contributed by atoms with Crippen LogP contribution in [0.2, 0.25) is 5.02 Å². The highest BCUT2D eigenvalue weighted by Gasteiger charge is 2.19. The first-order valence-electron chi connectivity index (χ1n) is 8.45. The number of ether oxygens (including phenoxy) is 2. The highest BCUT2D eigenvalue weighted by molar-refractivity contribution is 6.32. The van der Waals surface area contributed by atoms with Gasteiger partial charge >= 0.3 is 5.63 Å². The molecule has 0 spiro atoms. The molecule has 0 saturated carbocycles. The third-order valence-corrected chi connectivity index (χ3v) is 4.79. The fourth-order valence-electron chi connectivity index (χ4n) is 2.95. The molecule has 0 fully saturated rings. The molecule has 3 N–H and O–H groups in total. The lowest BCUT2D eigenvalue weighted by Crippen LogP contribution is -2.21. The Balaban J connectivity index is 1.94. The summed E-state index contributed by atoms with van der Waals surface area (Å²) in [7, 11) is 2.89. The second-order valence-corrected chi connectivity index (χ2v) is 6.62. The van der Waals surface area contributed by atoms with Crippen molar-refractivity contribution in [2.45, 2.75) is 13.3 Å². The number of halogens is 1. The number of rotatable bonds is 5. The first kappa shape index (κ1) is 20.3. The molecule has 0 aliphatic heterocycles. The lowest BCUT2D eigenvalue weighted by Gasteiger charge is -2.14. The minimum absolute atomic E-state index is 0.124. The quantitative estimate of drug-likeness (QED) is 0.428. The Labute approximate surface area is 170 Å². The van der Waals surface area contributed by atoms with Crippen molar-refractivity contribution in [1.82, 2.24) is 0 Å². The summed E-state index contributed by atoms with van der Waals surface area (Å²) in [5, 5.41) is 22.8. The Hall–Kier alpha value is -3.39. The van der Waals surface area contributed by atoms with Gasteiger partial charge in [0, 0.05) is 11.5 Å². The van der Waals surface area contributed by atoms with Crippen LogP contribution >= 0.6 is 11.6 Å². The van der Waals surface area contributed by atoms with E-state index >= 15 is 0 Å². The van der Waals surface area contributed by atoms with Crippen molar-refractivity contribution in [3.8, 4) is 23.0 Å². The average molecular weight is 420 g/mol. The molecular weight excluding hydrogens is 402 g/mol. The first-order chi connectivity index (χ1) is 13.8. The van der Waals surface area contributed by atoms with E-state index in [2.05, 4.69) is 5.32 Å². The van der Waals surface area contributed by atoms with Crippen LogP contribution < -0.4 is 20.4 Å². The largest absolute Gasteiger partial charge is 0.504 e. The minimum atomic E-state index is -0.786. The van der Waals surface area contributed by atoms with Gasteiger partial charge < -0.3 is 29.4 Å². The molecule has 1 aromatic heterocycles. The van der Waals surface area contributed by atoms with E-state index in [0.717, 1.165) is 0 Å². The Morgan fingerprint density at radius 3 is 2.52 bits per heavy atom. The van der Waals surface area contributed by atoms with Crippen LogP contribution in [0.15, 0.2) is 33.5 Å². The van der Waals surface area contributed by atoms with Gasteiger partial charge in [-0.05, 0) is 30.7 Å². The Bertz CT molecular complexity index is 1170. The zero-order chi connectivity index (χ0) is 21.3. The Kier molecular flexibility index (Phi) is 5.56. The van der Waals surface area contributed by atoms with Crippen molar-refractivity contribution in [1.29, 1.82) is 0 Å². The topological polar surface area (TPSA) is 118 Å². The number of hydrogen-bond donors (Lipinski definition) is 3. The van der Waals surface area contributed by atoms with Crippen LogP contribution in [0.25, 0.3) is 11.0 Å². The summed E-state index contributed by atoms with van der Waals surface area (Å²) in [5.41, 5.74) is -0.0279. The number of carbonyl (C=O) groups excluding carboxylic acids is 1. The lowest BCUT2D eigenvalue weighted by atomic mass is 10.0. The van der Waals surface area contributed by atoms with Crippen LogP contribution in [0.1, 0.15) is 11.1 Å². The normalized spacial score (nSPS) is 10.8. The van der Waals surface area contributed by atoms with Crippen LogP contribution in [-0.4, -0.2) is 30.3 Å². The van der Waals surface area contributed by atoms with Gasteiger partial charge in [0.2, 0.25) is 11.7 Å². The van der Waals surface area contributed by atoms with Gasteiger partial charge in [-0.3, -0.25) is 4.79 Å². The molecule has 0 unspecified atom stereocenters. The van der Waals surface area contributed by atoms with Crippen molar-refractivity contribution in [2.24, 2.45) is 0 Å². The molecule has 0 radical (unpaired) electrons. The average Bonchev–Trinajstić information content (AvgIpc) is 2.68. The number of benzene rings is 2. The van der Waals surface area contributed by atoms with Crippen LogP contribution in [0.3, 0.4) is 0 Å².